The van der Waals surface area contributed by atoms with Crippen LogP contribution < -0.4 is 4.74 Å². The number of nitro groups is 1. The van der Waals surface area contributed by atoms with E-state index in [0.717, 1.165) is 0 Å². The van der Waals surface area contributed by atoms with Crippen molar-refractivity contribution in [3.63, 3.8) is 0 Å². The lowest BCUT2D eigenvalue weighted by molar-refractivity contribution is -0.384. The van der Waals surface area contributed by atoms with Crippen molar-refractivity contribution in [1.29, 1.82) is 0 Å². The van der Waals surface area contributed by atoms with Crippen LogP contribution in [0.25, 0.3) is 0 Å². The van der Waals surface area contributed by atoms with Crippen LogP contribution in [0.3, 0.4) is 0 Å². The lowest BCUT2D eigenvalue weighted by Gasteiger charge is -2.26. The fraction of sp³-hybridized carbons (Fsp3) is 0.278. The molecule has 1 aliphatic heterocycles. The number of nitrogens with zero attached hydrogens (tertiary/aromatic N) is 3. The van der Waals surface area contributed by atoms with Crippen LogP contribution in [-0.4, -0.2) is 57.3 Å². The van der Waals surface area contributed by atoms with E-state index >= 15 is 0 Å². The quantitative estimate of drug-likeness (QED) is 0.414. The summed E-state index contributed by atoms with van der Waals surface area (Å²) in [6.07, 6.45) is 1.46. The Morgan fingerprint density at radius 1 is 1.18 bits per heavy atom. The maximum atomic E-state index is 13.1. The molecule has 9 nitrogen and oxygen atoms in total. The van der Waals surface area contributed by atoms with Crippen molar-refractivity contribution in [1.82, 2.24) is 4.31 Å². The zero-order valence-corrected chi connectivity index (χ0v) is 16.0. The number of rotatable bonds is 6. The van der Waals surface area contributed by atoms with Crippen molar-refractivity contribution < 1.29 is 22.8 Å². The number of hydrogen-bond donors (Lipinski definition) is 0. The van der Waals surface area contributed by atoms with Gasteiger partial charge in [0.15, 0.2) is 0 Å². The summed E-state index contributed by atoms with van der Waals surface area (Å²) in [5.41, 5.74) is 0.832. The molecule has 3 rings (SSSR count). The van der Waals surface area contributed by atoms with Crippen molar-refractivity contribution in [3.8, 4) is 5.75 Å². The molecule has 10 heteroatoms. The Bertz CT molecular complexity index is 983. The van der Waals surface area contributed by atoms with Gasteiger partial charge in [0, 0.05) is 37.5 Å². The van der Waals surface area contributed by atoms with E-state index in [9.17, 15) is 18.5 Å². The van der Waals surface area contributed by atoms with Gasteiger partial charge in [-0.05, 0) is 29.8 Å². The zero-order valence-electron chi connectivity index (χ0n) is 15.1. The predicted octanol–water partition coefficient (Wildman–Crippen LogP) is 2.37. The molecular formula is C18H19N3O6S. The van der Waals surface area contributed by atoms with E-state index in [-0.39, 0.29) is 29.4 Å². The Morgan fingerprint density at radius 2 is 1.86 bits per heavy atom. The first-order valence-electron chi connectivity index (χ1n) is 8.46. The van der Waals surface area contributed by atoms with Crippen molar-refractivity contribution in [2.75, 3.05) is 33.4 Å². The maximum absolute atomic E-state index is 13.1. The molecule has 0 unspecified atom stereocenters. The van der Waals surface area contributed by atoms with E-state index in [1.165, 1.54) is 35.8 Å². The number of nitro benzene ring substituents is 1. The Hall–Kier alpha value is -2.82. The van der Waals surface area contributed by atoms with Gasteiger partial charge in [-0.15, -0.1) is 0 Å². The highest BCUT2D eigenvalue weighted by molar-refractivity contribution is 7.89. The summed E-state index contributed by atoms with van der Waals surface area (Å²) < 4.78 is 37.9. The highest BCUT2D eigenvalue weighted by Crippen LogP contribution is 2.31. The van der Waals surface area contributed by atoms with Crippen LogP contribution in [0.5, 0.6) is 5.75 Å². The predicted molar refractivity (Wildman–Crippen MR) is 103 cm³/mol. The average Bonchev–Trinajstić information content (AvgIpc) is 2.73. The molecule has 0 aromatic heterocycles. The minimum Gasteiger partial charge on any atom is -0.497 e. The number of morpholine rings is 1. The molecule has 0 aliphatic carbocycles. The number of hydrogen-bond acceptors (Lipinski definition) is 7. The standard InChI is InChI=1S/C18H19N3O6S/c1-26-16-6-7-17(19-13-14-2-4-15(5-3-14)21(22)23)18(12-16)28(24,25)20-8-10-27-11-9-20/h2-7,12-13H,8-11H2,1H3. The Balaban J connectivity index is 1.95. The maximum Gasteiger partial charge on any atom is 0.269 e. The van der Waals surface area contributed by atoms with Gasteiger partial charge in [0.2, 0.25) is 10.0 Å². The van der Waals surface area contributed by atoms with E-state index in [0.29, 0.717) is 24.5 Å². The topological polar surface area (TPSA) is 111 Å². The second kappa shape index (κ2) is 8.46. The first-order valence-corrected chi connectivity index (χ1v) is 9.90. The summed E-state index contributed by atoms with van der Waals surface area (Å²) >= 11 is 0. The van der Waals surface area contributed by atoms with Crippen LogP contribution in [0.1, 0.15) is 5.56 Å². The number of ether oxygens (including phenoxy) is 2. The molecule has 1 aliphatic rings. The third kappa shape index (κ3) is 4.35. The average molecular weight is 405 g/mol. The Labute approximate surface area is 162 Å². The largest absolute Gasteiger partial charge is 0.497 e. The SMILES string of the molecule is COc1ccc(N=Cc2ccc([N+](=O)[O-])cc2)c(S(=O)(=O)N2CCOCC2)c1. The summed E-state index contributed by atoms with van der Waals surface area (Å²) in [6, 6.07) is 10.4. The van der Waals surface area contributed by atoms with Gasteiger partial charge in [-0.25, -0.2) is 8.42 Å². The first-order chi connectivity index (χ1) is 13.4. The van der Waals surface area contributed by atoms with Gasteiger partial charge in [-0.2, -0.15) is 4.31 Å². The lowest BCUT2D eigenvalue weighted by Crippen LogP contribution is -2.40. The van der Waals surface area contributed by atoms with Gasteiger partial charge in [0.25, 0.3) is 5.69 Å². The summed E-state index contributed by atoms with van der Waals surface area (Å²) in [6.45, 7) is 1.21. The van der Waals surface area contributed by atoms with Crippen molar-refractivity contribution >= 4 is 27.6 Å². The molecular weight excluding hydrogens is 386 g/mol. The molecule has 1 saturated heterocycles. The van der Waals surface area contributed by atoms with Gasteiger partial charge >= 0.3 is 0 Å². The van der Waals surface area contributed by atoms with E-state index < -0.39 is 14.9 Å². The fourth-order valence-corrected chi connectivity index (χ4v) is 4.24. The minimum atomic E-state index is -3.78. The Kier molecular flexibility index (Phi) is 6.02. The summed E-state index contributed by atoms with van der Waals surface area (Å²) in [4.78, 5) is 14.6. The fourth-order valence-electron chi connectivity index (χ4n) is 2.69. The van der Waals surface area contributed by atoms with Gasteiger partial charge in [-0.1, -0.05) is 0 Å². The van der Waals surface area contributed by atoms with E-state index in [2.05, 4.69) is 4.99 Å². The van der Waals surface area contributed by atoms with Gasteiger partial charge < -0.3 is 9.47 Å². The van der Waals surface area contributed by atoms with E-state index in [1.807, 2.05) is 0 Å². The van der Waals surface area contributed by atoms with Crippen molar-refractivity contribution in [2.24, 2.45) is 4.99 Å². The molecule has 0 spiro atoms. The Morgan fingerprint density at radius 3 is 2.46 bits per heavy atom. The molecule has 1 heterocycles. The van der Waals surface area contributed by atoms with Gasteiger partial charge in [-0.3, -0.25) is 15.1 Å². The second-order valence-corrected chi connectivity index (χ2v) is 7.86. The van der Waals surface area contributed by atoms with Crippen molar-refractivity contribution in [2.45, 2.75) is 4.90 Å². The highest BCUT2D eigenvalue weighted by atomic mass is 32.2. The zero-order chi connectivity index (χ0) is 20.1. The third-order valence-electron chi connectivity index (χ3n) is 4.21. The minimum absolute atomic E-state index is 0.0304. The molecule has 0 bridgehead atoms. The van der Waals surface area contributed by atoms with Gasteiger partial charge in [0.1, 0.15) is 10.6 Å². The molecule has 2 aromatic rings. The molecule has 0 amide bonds. The third-order valence-corrected chi connectivity index (χ3v) is 6.14. The first kappa shape index (κ1) is 19.9. The smallest absolute Gasteiger partial charge is 0.269 e. The lowest BCUT2D eigenvalue weighted by atomic mass is 10.2. The van der Waals surface area contributed by atoms with Gasteiger partial charge in [0.05, 0.1) is 30.9 Å². The van der Waals surface area contributed by atoms with Crippen molar-refractivity contribution in [3.05, 3.63) is 58.1 Å². The molecule has 0 saturated carbocycles. The number of sulfonamides is 1. The molecule has 148 valence electrons. The molecule has 0 atom stereocenters. The highest BCUT2D eigenvalue weighted by Gasteiger charge is 2.29. The molecule has 1 fully saturated rings. The number of non-ortho nitro benzene ring substituents is 1. The van der Waals surface area contributed by atoms with Crippen LogP contribution in [0, 0.1) is 10.1 Å². The number of methoxy groups -OCH3 is 1. The molecule has 0 N–H and O–H groups in total. The van der Waals surface area contributed by atoms with Crippen LogP contribution in [0.4, 0.5) is 11.4 Å². The number of aliphatic imine (C=N–C) groups is 1. The summed E-state index contributed by atoms with van der Waals surface area (Å²) in [5.74, 6) is 0.404. The second-order valence-electron chi connectivity index (χ2n) is 5.96. The number of benzene rings is 2. The van der Waals surface area contributed by atoms with E-state index in [1.54, 1.807) is 24.3 Å². The van der Waals surface area contributed by atoms with Crippen LogP contribution in [-0.2, 0) is 14.8 Å². The van der Waals surface area contributed by atoms with E-state index in [4.69, 9.17) is 9.47 Å². The molecule has 2 aromatic carbocycles. The summed E-state index contributed by atoms with van der Waals surface area (Å²) in [5, 5.41) is 10.7. The van der Waals surface area contributed by atoms with Crippen LogP contribution >= 0.6 is 0 Å². The molecule has 0 radical (unpaired) electrons. The summed E-state index contributed by atoms with van der Waals surface area (Å²) in [7, 11) is -2.32. The normalized spacial score (nSPS) is 15.6. The molecule has 28 heavy (non-hydrogen) atoms. The monoisotopic (exact) mass is 405 g/mol. The van der Waals surface area contributed by atoms with Crippen LogP contribution in [0.15, 0.2) is 52.4 Å². The van der Waals surface area contributed by atoms with Crippen LogP contribution in [0.2, 0.25) is 0 Å².